The highest BCUT2D eigenvalue weighted by molar-refractivity contribution is 7.89. The number of Topliss-reactive ketones (excluding diaryl/α,β-unsaturated/α-hetero) is 1. The predicted molar refractivity (Wildman–Crippen MR) is 82.2 cm³/mol. The highest BCUT2D eigenvalue weighted by atomic mass is 32.2. The van der Waals surface area contributed by atoms with E-state index in [1.807, 2.05) is 0 Å². The summed E-state index contributed by atoms with van der Waals surface area (Å²) in [5, 5.41) is 7.61. The number of sulfonamides is 1. The Balaban J connectivity index is 2.25. The maximum atomic E-state index is 12.2. The first kappa shape index (κ1) is 15.9. The normalized spacial score (nSPS) is 11.0. The molecule has 0 unspecified atom stereocenters. The zero-order valence-electron chi connectivity index (χ0n) is 11.7. The zero-order chi connectivity index (χ0) is 16.3. The van der Waals surface area contributed by atoms with Gasteiger partial charge in [0.15, 0.2) is 5.78 Å². The topological polar surface area (TPSA) is 106 Å². The van der Waals surface area contributed by atoms with Crippen LogP contribution in [-0.4, -0.2) is 20.1 Å². The number of nitrogens with two attached hydrogens (primary N) is 1. The fourth-order valence-corrected chi connectivity index (χ4v) is 2.43. The summed E-state index contributed by atoms with van der Waals surface area (Å²) in [7, 11) is -3.78. The number of hydrogen-bond acceptors (Lipinski definition) is 4. The van der Waals surface area contributed by atoms with Gasteiger partial charge >= 0.3 is 0 Å². The molecule has 0 atom stereocenters. The van der Waals surface area contributed by atoms with Gasteiger partial charge in [-0.05, 0) is 37.3 Å². The molecule has 0 aliphatic heterocycles. The number of hydrogen-bond donors (Lipinski definition) is 2. The lowest BCUT2D eigenvalue weighted by Gasteiger charge is -2.08. The Bertz CT molecular complexity index is 827. The van der Waals surface area contributed by atoms with E-state index in [4.69, 9.17) is 5.14 Å². The summed E-state index contributed by atoms with van der Waals surface area (Å²) in [5.41, 5.74) is 0.974. The number of nitrogens with one attached hydrogen (secondary N) is 1. The van der Waals surface area contributed by atoms with Crippen molar-refractivity contribution in [1.29, 1.82) is 0 Å². The number of carbonyl (C=O) groups is 2. The van der Waals surface area contributed by atoms with Crippen molar-refractivity contribution in [3.8, 4) is 0 Å². The molecular formula is C15H14N2O4S. The molecule has 0 saturated heterocycles. The quantitative estimate of drug-likeness (QED) is 0.838. The number of anilines is 1. The van der Waals surface area contributed by atoms with Crippen LogP contribution >= 0.6 is 0 Å². The summed E-state index contributed by atoms with van der Waals surface area (Å²) in [6.07, 6.45) is 0. The van der Waals surface area contributed by atoms with E-state index < -0.39 is 15.9 Å². The molecule has 0 bridgehead atoms. The van der Waals surface area contributed by atoms with Crippen molar-refractivity contribution in [3.63, 3.8) is 0 Å². The average Bonchev–Trinajstić information content (AvgIpc) is 2.46. The second-order valence-electron chi connectivity index (χ2n) is 4.63. The second-order valence-corrected chi connectivity index (χ2v) is 6.19. The molecule has 114 valence electrons. The largest absolute Gasteiger partial charge is 0.322 e. The van der Waals surface area contributed by atoms with Gasteiger partial charge in [0, 0.05) is 11.3 Å². The Hall–Kier alpha value is -2.51. The number of amides is 1. The molecule has 22 heavy (non-hydrogen) atoms. The van der Waals surface area contributed by atoms with Crippen LogP contribution in [0.2, 0.25) is 0 Å². The minimum Gasteiger partial charge on any atom is -0.322 e. The molecule has 0 aromatic heterocycles. The highest BCUT2D eigenvalue weighted by Crippen LogP contribution is 2.16. The maximum Gasteiger partial charge on any atom is 0.256 e. The molecule has 0 radical (unpaired) electrons. The first-order valence-corrected chi connectivity index (χ1v) is 7.88. The van der Waals surface area contributed by atoms with Crippen LogP contribution in [0.5, 0.6) is 0 Å². The summed E-state index contributed by atoms with van der Waals surface area (Å²) in [5.74, 6) is -0.663. The number of rotatable bonds is 4. The molecule has 0 spiro atoms. The first-order valence-electron chi connectivity index (χ1n) is 6.33. The molecule has 0 saturated carbocycles. The van der Waals surface area contributed by atoms with Crippen LogP contribution in [0.3, 0.4) is 0 Å². The molecule has 2 aromatic rings. The van der Waals surface area contributed by atoms with Crippen LogP contribution < -0.4 is 10.5 Å². The molecule has 2 rings (SSSR count). The monoisotopic (exact) mass is 318 g/mol. The van der Waals surface area contributed by atoms with Crippen molar-refractivity contribution in [2.75, 3.05) is 5.32 Å². The Kier molecular flexibility index (Phi) is 4.39. The van der Waals surface area contributed by atoms with Crippen molar-refractivity contribution >= 4 is 27.4 Å². The lowest BCUT2D eigenvalue weighted by molar-refractivity contribution is 0.0985. The van der Waals surface area contributed by atoms with E-state index in [9.17, 15) is 18.0 Å². The van der Waals surface area contributed by atoms with Crippen LogP contribution in [0.1, 0.15) is 27.6 Å². The van der Waals surface area contributed by atoms with Crippen molar-refractivity contribution in [2.45, 2.75) is 11.8 Å². The third-order valence-electron chi connectivity index (χ3n) is 2.99. The minimum atomic E-state index is -3.78. The van der Waals surface area contributed by atoms with E-state index in [0.29, 0.717) is 11.3 Å². The van der Waals surface area contributed by atoms with E-state index in [1.165, 1.54) is 31.2 Å². The Morgan fingerprint density at radius 1 is 0.955 bits per heavy atom. The van der Waals surface area contributed by atoms with Crippen LogP contribution in [-0.2, 0) is 10.0 Å². The van der Waals surface area contributed by atoms with Gasteiger partial charge in [0.25, 0.3) is 5.91 Å². The summed E-state index contributed by atoms with van der Waals surface area (Å²) in [6.45, 7) is 1.38. The number of benzene rings is 2. The van der Waals surface area contributed by atoms with Gasteiger partial charge < -0.3 is 5.32 Å². The van der Waals surface area contributed by atoms with Gasteiger partial charge in [-0.25, -0.2) is 13.6 Å². The van der Waals surface area contributed by atoms with Gasteiger partial charge in [0.1, 0.15) is 0 Å². The molecule has 0 aliphatic rings. The Morgan fingerprint density at radius 2 is 1.50 bits per heavy atom. The molecule has 0 aliphatic carbocycles. The summed E-state index contributed by atoms with van der Waals surface area (Å²) < 4.78 is 22.3. The van der Waals surface area contributed by atoms with Crippen molar-refractivity contribution in [3.05, 3.63) is 59.7 Å². The summed E-state index contributed by atoms with van der Waals surface area (Å²) in [6, 6.07) is 11.9. The number of primary sulfonamides is 1. The van der Waals surface area contributed by atoms with Crippen LogP contribution in [0.4, 0.5) is 5.69 Å². The van der Waals surface area contributed by atoms with Crippen molar-refractivity contribution in [1.82, 2.24) is 0 Å². The fraction of sp³-hybridized carbons (Fsp3) is 0.0667. The lowest BCUT2D eigenvalue weighted by Crippen LogP contribution is -2.16. The van der Waals surface area contributed by atoms with Crippen molar-refractivity contribution in [2.24, 2.45) is 5.14 Å². The first-order chi connectivity index (χ1) is 10.3. The molecule has 1 amide bonds. The molecular weight excluding hydrogens is 304 g/mol. The standard InChI is InChI=1S/C15H14N2O4S/c1-10(18)13-4-2-3-5-14(13)15(19)17-11-6-8-12(9-7-11)22(16,20)21/h2-9H,1H3,(H,17,19)(H2,16,20,21). The third-order valence-corrected chi connectivity index (χ3v) is 3.92. The third kappa shape index (κ3) is 3.57. The average molecular weight is 318 g/mol. The van der Waals surface area contributed by atoms with Gasteiger partial charge in [0.05, 0.1) is 10.5 Å². The van der Waals surface area contributed by atoms with Gasteiger partial charge in [-0.15, -0.1) is 0 Å². The Morgan fingerprint density at radius 3 is 2.00 bits per heavy atom. The molecule has 0 fully saturated rings. The molecule has 7 heteroatoms. The van der Waals surface area contributed by atoms with Gasteiger partial charge in [-0.3, -0.25) is 9.59 Å². The molecule has 0 heterocycles. The van der Waals surface area contributed by atoms with Crippen LogP contribution in [0.15, 0.2) is 53.4 Å². The molecule has 2 aromatic carbocycles. The fourth-order valence-electron chi connectivity index (χ4n) is 1.91. The summed E-state index contributed by atoms with van der Waals surface area (Å²) in [4.78, 5) is 23.7. The number of ketones is 1. The van der Waals surface area contributed by atoms with E-state index in [2.05, 4.69) is 5.32 Å². The molecule has 3 N–H and O–H groups in total. The van der Waals surface area contributed by atoms with Crippen LogP contribution in [0, 0.1) is 0 Å². The zero-order valence-corrected chi connectivity index (χ0v) is 12.6. The SMILES string of the molecule is CC(=O)c1ccccc1C(=O)Nc1ccc(S(N)(=O)=O)cc1. The Labute approximate surface area is 128 Å². The highest BCUT2D eigenvalue weighted by Gasteiger charge is 2.14. The minimum absolute atomic E-state index is 0.0466. The lowest BCUT2D eigenvalue weighted by atomic mass is 10.0. The second kappa shape index (κ2) is 6.08. The smallest absolute Gasteiger partial charge is 0.256 e. The molecule has 6 nitrogen and oxygen atoms in total. The number of carbonyl (C=O) groups excluding carboxylic acids is 2. The van der Waals surface area contributed by atoms with Gasteiger partial charge in [-0.1, -0.05) is 18.2 Å². The van der Waals surface area contributed by atoms with Gasteiger partial charge in [-0.2, -0.15) is 0 Å². The van der Waals surface area contributed by atoms with E-state index in [-0.39, 0.29) is 16.2 Å². The predicted octanol–water partition coefficient (Wildman–Crippen LogP) is 1.79. The van der Waals surface area contributed by atoms with E-state index in [1.54, 1.807) is 24.3 Å². The summed E-state index contributed by atoms with van der Waals surface area (Å²) >= 11 is 0. The van der Waals surface area contributed by atoms with E-state index >= 15 is 0 Å². The van der Waals surface area contributed by atoms with Crippen molar-refractivity contribution < 1.29 is 18.0 Å². The van der Waals surface area contributed by atoms with Gasteiger partial charge in [0.2, 0.25) is 10.0 Å². The maximum absolute atomic E-state index is 12.2. The van der Waals surface area contributed by atoms with E-state index in [0.717, 1.165) is 0 Å². The van der Waals surface area contributed by atoms with Crippen LogP contribution in [0.25, 0.3) is 0 Å².